The standard InChI is InChI=1S/C23H39BrCl2N6O9/c24-13-18(33)29-7-10-40-11-12-41-16-21(36)31-17(22(37)38)3-1-2-4-30-23(39)32(8-5-27-19(34)14-25)9-6-28-20(35)15-26/h17H,1-16H2,(H,27,34)(H,28,35)(H,29,33)(H,30,39)(H,31,36)(H,37,38). The van der Waals surface area contributed by atoms with Crippen molar-refractivity contribution in [1.29, 1.82) is 0 Å². The molecule has 0 aliphatic carbocycles. The summed E-state index contributed by atoms with van der Waals surface area (Å²) in [4.78, 5) is 71.2. The van der Waals surface area contributed by atoms with Gasteiger partial charge in [-0.3, -0.25) is 19.2 Å². The lowest BCUT2D eigenvalue weighted by Crippen LogP contribution is -2.47. The van der Waals surface area contributed by atoms with Gasteiger partial charge in [0.05, 0.1) is 25.2 Å². The monoisotopic (exact) mass is 692 g/mol. The number of rotatable bonds is 24. The van der Waals surface area contributed by atoms with Gasteiger partial charge in [-0.25, -0.2) is 9.59 Å². The zero-order valence-corrected chi connectivity index (χ0v) is 25.8. The van der Waals surface area contributed by atoms with E-state index in [1.54, 1.807) is 0 Å². The lowest BCUT2D eigenvalue weighted by atomic mass is 10.1. The van der Waals surface area contributed by atoms with Crippen molar-refractivity contribution in [2.75, 3.05) is 82.8 Å². The third kappa shape index (κ3) is 21.9. The van der Waals surface area contributed by atoms with Crippen molar-refractivity contribution in [3.8, 4) is 0 Å². The summed E-state index contributed by atoms with van der Waals surface area (Å²) in [7, 11) is 0. The van der Waals surface area contributed by atoms with E-state index in [4.69, 9.17) is 32.7 Å². The largest absolute Gasteiger partial charge is 0.480 e. The van der Waals surface area contributed by atoms with Gasteiger partial charge < -0.3 is 46.1 Å². The maximum Gasteiger partial charge on any atom is 0.326 e. The summed E-state index contributed by atoms with van der Waals surface area (Å²) in [6.45, 7) is 1.51. The number of nitrogens with zero attached hydrogens (tertiary/aromatic N) is 1. The predicted octanol–water partition coefficient (Wildman–Crippen LogP) is -1.01. The minimum atomic E-state index is -1.19. The Morgan fingerprint density at radius 1 is 0.732 bits per heavy atom. The molecule has 15 nitrogen and oxygen atoms in total. The molecular weight excluding hydrogens is 655 g/mol. The van der Waals surface area contributed by atoms with Crippen molar-refractivity contribution in [3.05, 3.63) is 0 Å². The first kappa shape index (κ1) is 38.6. The molecule has 236 valence electrons. The summed E-state index contributed by atoms with van der Waals surface area (Å²) in [5.41, 5.74) is 0. The summed E-state index contributed by atoms with van der Waals surface area (Å²) in [6, 6.07) is -1.55. The van der Waals surface area contributed by atoms with Crippen molar-refractivity contribution >= 4 is 74.8 Å². The van der Waals surface area contributed by atoms with E-state index in [-0.39, 0.29) is 100 Å². The van der Waals surface area contributed by atoms with E-state index in [1.165, 1.54) is 4.90 Å². The van der Waals surface area contributed by atoms with Crippen LogP contribution in [0.25, 0.3) is 0 Å². The second kappa shape index (κ2) is 25.3. The summed E-state index contributed by atoms with van der Waals surface area (Å²) >= 11 is 13.9. The lowest BCUT2D eigenvalue weighted by molar-refractivity contribution is -0.142. The molecule has 0 spiro atoms. The Balaban J connectivity index is 4.30. The molecule has 6 amide bonds. The van der Waals surface area contributed by atoms with E-state index in [1.807, 2.05) is 0 Å². The van der Waals surface area contributed by atoms with Crippen molar-refractivity contribution in [2.24, 2.45) is 0 Å². The van der Waals surface area contributed by atoms with Crippen molar-refractivity contribution < 1.29 is 43.3 Å². The Bertz CT molecular complexity index is 806. The van der Waals surface area contributed by atoms with Gasteiger partial charge in [0.2, 0.25) is 23.6 Å². The Hall–Kier alpha value is -2.40. The Labute approximate surface area is 257 Å². The van der Waals surface area contributed by atoms with E-state index >= 15 is 0 Å². The van der Waals surface area contributed by atoms with Crippen LogP contribution in [0.4, 0.5) is 4.79 Å². The molecule has 0 aromatic carbocycles. The third-order valence-corrected chi connectivity index (χ3v) is 6.06. The van der Waals surface area contributed by atoms with Gasteiger partial charge >= 0.3 is 12.0 Å². The molecular formula is C23H39BrCl2N6O9. The number of aliphatic carboxylic acids is 1. The predicted molar refractivity (Wildman–Crippen MR) is 154 cm³/mol. The molecule has 1 unspecified atom stereocenters. The highest BCUT2D eigenvalue weighted by Gasteiger charge is 2.20. The van der Waals surface area contributed by atoms with Crippen LogP contribution < -0.4 is 26.6 Å². The molecule has 0 aromatic heterocycles. The average Bonchev–Trinajstić information content (AvgIpc) is 2.95. The first-order valence-electron chi connectivity index (χ1n) is 12.8. The van der Waals surface area contributed by atoms with Crippen LogP contribution in [0, 0.1) is 0 Å². The number of carboxylic acid groups (broad SMARTS) is 1. The molecule has 1 atom stereocenters. The Morgan fingerprint density at radius 3 is 1.88 bits per heavy atom. The molecule has 0 rings (SSSR count). The van der Waals surface area contributed by atoms with Crippen molar-refractivity contribution in [3.63, 3.8) is 0 Å². The quantitative estimate of drug-likeness (QED) is 0.0541. The van der Waals surface area contributed by atoms with Crippen LogP contribution in [0.3, 0.4) is 0 Å². The molecule has 0 fully saturated rings. The number of amides is 6. The van der Waals surface area contributed by atoms with Gasteiger partial charge in [0.25, 0.3) is 0 Å². The number of halogens is 3. The minimum absolute atomic E-state index is 0.117. The maximum atomic E-state index is 12.6. The van der Waals surface area contributed by atoms with Gasteiger partial charge in [0, 0.05) is 39.3 Å². The van der Waals surface area contributed by atoms with Gasteiger partial charge in [-0.1, -0.05) is 15.9 Å². The average molecular weight is 694 g/mol. The zero-order valence-electron chi connectivity index (χ0n) is 22.7. The molecule has 0 aromatic rings. The van der Waals surface area contributed by atoms with Crippen LogP contribution >= 0.6 is 39.1 Å². The molecule has 0 saturated heterocycles. The number of urea groups is 1. The highest BCUT2D eigenvalue weighted by molar-refractivity contribution is 9.09. The fourth-order valence-electron chi connectivity index (χ4n) is 3.04. The van der Waals surface area contributed by atoms with E-state index in [2.05, 4.69) is 42.5 Å². The molecule has 0 bridgehead atoms. The van der Waals surface area contributed by atoms with Gasteiger partial charge in [0.1, 0.15) is 24.4 Å². The van der Waals surface area contributed by atoms with E-state index in [0.29, 0.717) is 19.4 Å². The van der Waals surface area contributed by atoms with Crippen LogP contribution in [0.1, 0.15) is 19.3 Å². The van der Waals surface area contributed by atoms with Crippen LogP contribution in [0.5, 0.6) is 0 Å². The second-order valence-corrected chi connectivity index (χ2v) is 9.38. The highest BCUT2D eigenvalue weighted by Crippen LogP contribution is 2.02. The van der Waals surface area contributed by atoms with Crippen LogP contribution in [-0.4, -0.2) is 134 Å². The van der Waals surface area contributed by atoms with E-state index in [9.17, 15) is 33.9 Å². The maximum absolute atomic E-state index is 12.6. The van der Waals surface area contributed by atoms with Crippen molar-refractivity contribution in [2.45, 2.75) is 25.3 Å². The summed E-state index contributed by atoms with van der Waals surface area (Å²) in [5.74, 6) is -3.12. The number of carboxylic acids is 1. The van der Waals surface area contributed by atoms with Crippen LogP contribution in [0.2, 0.25) is 0 Å². The van der Waals surface area contributed by atoms with Gasteiger partial charge in [-0.05, 0) is 19.3 Å². The molecule has 6 N–H and O–H groups in total. The summed E-state index contributed by atoms with van der Waals surface area (Å²) in [5, 5.41) is 22.4. The molecule has 0 aliphatic heterocycles. The highest BCUT2D eigenvalue weighted by atomic mass is 79.9. The lowest BCUT2D eigenvalue weighted by Gasteiger charge is -2.23. The molecule has 0 radical (unpaired) electrons. The van der Waals surface area contributed by atoms with Gasteiger partial charge in [0.15, 0.2) is 0 Å². The minimum Gasteiger partial charge on any atom is -0.480 e. The van der Waals surface area contributed by atoms with Gasteiger partial charge in [-0.2, -0.15) is 0 Å². The number of ether oxygens (including phenoxy) is 2. The fraction of sp³-hybridized carbons (Fsp3) is 0.739. The number of hydrogen-bond donors (Lipinski definition) is 6. The number of unbranched alkanes of at least 4 members (excludes halogenated alkanes) is 1. The zero-order chi connectivity index (χ0) is 30.9. The number of carbonyl (C=O) groups excluding carboxylic acids is 5. The van der Waals surface area contributed by atoms with Crippen LogP contribution in [-0.2, 0) is 33.4 Å². The molecule has 0 heterocycles. The topological polar surface area (TPSA) is 204 Å². The first-order chi connectivity index (χ1) is 19.6. The molecule has 0 aliphatic rings. The van der Waals surface area contributed by atoms with E-state index < -0.39 is 23.9 Å². The third-order valence-electron chi connectivity index (χ3n) is 5.06. The van der Waals surface area contributed by atoms with E-state index in [0.717, 1.165) is 0 Å². The molecule has 18 heteroatoms. The summed E-state index contributed by atoms with van der Waals surface area (Å²) < 4.78 is 10.4. The molecule has 41 heavy (non-hydrogen) atoms. The molecule has 0 saturated carbocycles. The summed E-state index contributed by atoms with van der Waals surface area (Å²) in [6.07, 6.45) is 0.976. The Kier molecular flexibility index (Phi) is 23.8. The first-order valence-corrected chi connectivity index (χ1v) is 15.0. The normalized spacial score (nSPS) is 11.2. The SMILES string of the molecule is O=C(CCl)NCCN(CCNC(=O)CCl)C(=O)NCCCCC(NC(=O)COCCOCCNC(=O)CBr)C(=O)O. The fourth-order valence-corrected chi connectivity index (χ4v) is 3.43. The number of carbonyl (C=O) groups is 6. The Morgan fingerprint density at radius 2 is 1.32 bits per heavy atom. The van der Waals surface area contributed by atoms with Crippen molar-refractivity contribution in [1.82, 2.24) is 31.5 Å². The number of alkyl halides is 3. The van der Waals surface area contributed by atoms with Gasteiger partial charge in [-0.15, -0.1) is 23.2 Å². The second-order valence-electron chi connectivity index (χ2n) is 8.29. The smallest absolute Gasteiger partial charge is 0.326 e. The van der Waals surface area contributed by atoms with Crippen LogP contribution in [0.15, 0.2) is 0 Å². The number of nitrogens with one attached hydrogen (secondary N) is 5. The number of hydrogen-bond acceptors (Lipinski definition) is 8.